The Labute approximate surface area is 113 Å². The van der Waals surface area contributed by atoms with Crippen molar-refractivity contribution in [3.8, 4) is 0 Å². The molecule has 0 aromatic carbocycles. The average molecular weight is 262 g/mol. The fourth-order valence-electron chi connectivity index (χ4n) is 3.17. The lowest BCUT2D eigenvalue weighted by atomic mass is 9.79. The summed E-state index contributed by atoms with van der Waals surface area (Å²) in [7, 11) is 0. The minimum Gasteiger partial charge on any atom is -0.469 e. The number of fused-ring (bicyclic) bond motifs is 1. The second kappa shape index (κ2) is 5.00. The maximum Gasteiger partial charge on any atom is 0.226 e. The number of piperidine rings is 1. The van der Waals surface area contributed by atoms with Gasteiger partial charge in [0.2, 0.25) is 5.91 Å². The van der Waals surface area contributed by atoms with E-state index in [-0.39, 0.29) is 17.4 Å². The Hall–Kier alpha value is -1.29. The highest BCUT2D eigenvalue weighted by molar-refractivity contribution is 5.82. The van der Waals surface area contributed by atoms with Gasteiger partial charge >= 0.3 is 0 Å². The van der Waals surface area contributed by atoms with Gasteiger partial charge in [0.1, 0.15) is 5.76 Å². The van der Waals surface area contributed by atoms with Gasteiger partial charge in [-0.1, -0.05) is 6.92 Å². The molecular weight excluding hydrogens is 240 g/mol. The van der Waals surface area contributed by atoms with E-state index >= 15 is 0 Å². The molecule has 1 aliphatic heterocycles. The van der Waals surface area contributed by atoms with Crippen LogP contribution in [0.15, 0.2) is 16.7 Å². The van der Waals surface area contributed by atoms with Crippen LogP contribution in [0.3, 0.4) is 0 Å². The number of carbonyl (C=O) groups is 1. The van der Waals surface area contributed by atoms with Crippen LogP contribution in [0.2, 0.25) is 0 Å². The Morgan fingerprint density at radius 1 is 1.47 bits per heavy atom. The third-order valence-electron chi connectivity index (χ3n) is 4.61. The molecule has 1 aromatic rings. The molecule has 0 saturated carbocycles. The molecule has 19 heavy (non-hydrogen) atoms. The number of amides is 1. The zero-order valence-corrected chi connectivity index (χ0v) is 11.5. The lowest BCUT2D eigenvalue weighted by molar-refractivity contribution is -0.132. The van der Waals surface area contributed by atoms with E-state index < -0.39 is 0 Å². The van der Waals surface area contributed by atoms with Crippen LogP contribution in [0, 0.1) is 5.41 Å². The van der Waals surface area contributed by atoms with Crippen LogP contribution in [0.25, 0.3) is 0 Å². The predicted molar refractivity (Wildman–Crippen MR) is 72.7 cm³/mol. The number of aryl methyl sites for hydroxylation is 1. The number of rotatable bonds is 2. The summed E-state index contributed by atoms with van der Waals surface area (Å²) in [5.41, 5.74) is 0.962. The lowest BCUT2D eigenvalue weighted by Gasteiger charge is -2.34. The molecule has 1 amide bonds. The van der Waals surface area contributed by atoms with Crippen LogP contribution < -0.4 is 10.6 Å². The maximum atomic E-state index is 12.6. The van der Waals surface area contributed by atoms with E-state index in [4.69, 9.17) is 4.42 Å². The monoisotopic (exact) mass is 262 g/mol. The fourth-order valence-corrected chi connectivity index (χ4v) is 3.17. The van der Waals surface area contributed by atoms with Gasteiger partial charge in [-0.15, -0.1) is 0 Å². The summed E-state index contributed by atoms with van der Waals surface area (Å²) in [4.78, 5) is 12.6. The number of carbonyl (C=O) groups excluding carboxylic acids is 1. The Morgan fingerprint density at radius 2 is 2.26 bits per heavy atom. The van der Waals surface area contributed by atoms with Crippen LogP contribution >= 0.6 is 0 Å². The molecule has 0 radical (unpaired) electrons. The van der Waals surface area contributed by atoms with E-state index in [2.05, 4.69) is 17.6 Å². The van der Waals surface area contributed by atoms with Crippen LogP contribution in [0.4, 0.5) is 0 Å². The summed E-state index contributed by atoms with van der Waals surface area (Å²) in [6, 6.07) is 2.14. The molecule has 104 valence electrons. The van der Waals surface area contributed by atoms with Crippen molar-refractivity contribution in [3.63, 3.8) is 0 Å². The van der Waals surface area contributed by atoms with Crippen molar-refractivity contribution in [1.29, 1.82) is 0 Å². The molecule has 2 aliphatic rings. The summed E-state index contributed by atoms with van der Waals surface area (Å²) in [5.74, 6) is 1.25. The van der Waals surface area contributed by atoms with Gasteiger partial charge < -0.3 is 15.1 Å². The highest BCUT2D eigenvalue weighted by Crippen LogP contribution is 2.33. The van der Waals surface area contributed by atoms with Gasteiger partial charge in [-0.2, -0.15) is 0 Å². The van der Waals surface area contributed by atoms with E-state index in [9.17, 15) is 4.79 Å². The molecule has 0 spiro atoms. The van der Waals surface area contributed by atoms with Gasteiger partial charge in [0.05, 0.1) is 12.3 Å². The highest BCUT2D eigenvalue weighted by atomic mass is 16.3. The first-order valence-electron chi connectivity index (χ1n) is 7.27. The quantitative estimate of drug-likeness (QED) is 0.858. The Balaban J connectivity index is 1.71. The van der Waals surface area contributed by atoms with Crippen molar-refractivity contribution < 1.29 is 9.21 Å². The molecule has 1 fully saturated rings. The van der Waals surface area contributed by atoms with Crippen molar-refractivity contribution in [2.75, 3.05) is 13.1 Å². The number of nitrogens with one attached hydrogen (secondary N) is 2. The Kier molecular flexibility index (Phi) is 3.35. The van der Waals surface area contributed by atoms with Gasteiger partial charge in [-0.25, -0.2) is 0 Å². The summed E-state index contributed by atoms with van der Waals surface area (Å²) in [5, 5.41) is 6.56. The number of hydrogen-bond acceptors (Lipinski definition) is 3. The van der Waals surface area contributed by atoms with Gasteiger partial charge in [0, 0.05) is 17.4 Å². The van der Waals surface area contributed by atoms with E-state index in [0.717, 1.165) is 51.0 Å². The van der Waals surface area contributed by atoms with Crippen LogP contribution in [0.5, 0.6) is 0 Å². The molecule has 0 bridgehead atoms. The first-order valence-corrected chi connectivity index (χ1v) is 7.27. The molecule has 2 heterocycles. The molecule has 1 aromatic heterocycles. The molecule has 4 nitrogen and oxygen atoms in total. The SMILES string of the molecule is CC1(C(=O)NC2CCCc3occc32)CCNCC1. The summed E-state index contributed by atoms with van der Waals surface area (Å²) in [6.45, 7) is 3.96. The topological polar surface area (TPSA) is 54.3 Å². The summed E-state index contributed by atoms with van der Waals surface area (Å²) < 4.78 is 5.48. The summed E-state index contributed by atoms with van der Waals surface area (Å²) in [6.07, 6.45) is 6.68. The Morgan fingerprint density at radius 3 is 3.05 bits per heavy atom. The normalized spacial score (nSPS) is 25.6. The third-order valence-corrected chi connectivity index (χ3v) is 4.61. The smallest absolute Gasteiger partial charge is 0.226 e. The Bertz CT molecular complexity index is 460. The van der Waals surface area contributed by atoms with Gasteiger partial charge in [-0.3, -0.25) is 4.79 Å². The predicted octanol–water partition coefficient (Wildman–Crippen LogP) is 2.16. The molecule has 1 atom stereocenters. The van der Waals surface area contributed by atoms with Crippen molar-refractivity contribution >= 4 is 5.91 Å². The molecule has 1 saturated heterocycles. The first kappa shape index (κ1) is 12.7. The molecule has 4 heteroatoms. The standard InChI is InChI=1S/C15H22N2O2/c1-15(6-8-16-9-7-15)14(18)17-12-3-2-4-13-11(12)5-10-19-13/h5,10,12,16H,2-4,6-9H2,1H3,(H,17,18). The second-order valence-electron chi connectivity index (χ2n) is 6.03. The zero-order chi connectivity index (χ0) is 13.3. The zero-order valence-electron chi connectivity index (χ0n) is 11.5. The minimum absolute atomic E-state index is 0.140. The van der Waals surface area contributed by atoms with E-state index in [0.29, 0.717) is 0 Å². The minimum atomic E-state index is -0.216. The van der Waals surface area contributed by atoms with Crippen molar-refractivity contribution in [2.24, 2.45) is 5.41 Å². The number of furan rings is 1. The van der Waals surface area contributed by atoms with Crippen LogP contribution in [-0.4, -0.2) is 19.0 Å². The van der Waals surface area contributed by atoms with Gasteiger partial charge in [0.15, 0.2) is 0 Å². The van der Waals surface area contributed by atoms with E-state index in [1.807, 2.05) is 6.07 Å². The molecule has 2 N–H and O–H groups in total. The number of hydrogen-bond donors (Lipinski definition) is 2. The fraction of sp³-hybridized carbons (Fsp3) is 0.667. The average Bonchev–Trinajstić information content (AvgIpc) is 2.89. The van der Waals surface area contributed by atoms with Gasteiger partial charge in [-0.05, 0) is 44.8 Å². The lowest BCUT2D eigenvalue weighted by Crippen LogP contribution is -2.47. The molecular formula is C15H22N2O2. The third kappa shape index (κ3) is 2.41. The van der Waals surface area contributed by atoms with Gasteiger partial charge in [0.25, 0.3) is 0 Å². The summed E-state index contributed by atoms with van der Waals surface area (Å²) >= 11 is 0. The van der Waals surface area contributed by atoms with E-state index in [1.54, 1.807) is 6.26 Å². The largest absolute Gasteiger partial charge is 0.469 e. The van der Waals surface area contributed by atoms with Crippen molar-refractivity contribution in [2.45, 2.75) is 45.1 Å². The second-order valence-corrected chi connectivity index (χ2v) is 6.03. The molecule has 1 unspecified atom stereocenters. The maximum absolute atomic E-state index is 12.6. The van der Waals surface area contributed by atoms with Crippen LogP contribution in [-0.2, 0) is 11.2 Å². The molecule has 1 aliphatic carbocycles. The first-order chi connectivity index (χ1) is 9.19. The van der Waals surface area contributed by atoms with Crippen LogP contribution in [0.1, 0.15) is 50.0 Å². The molecule has 3 rings (SSSR count). The van der Waals surface area contributed by atoms with E-state index in [1.165, 1.54) is 5.56 Å². The van der Waals surface area contributed by atoms with Crippen molar-refractivity contribution in [3.05, 3.63) is 23.7 Å². The highest BCUT2D eigenvalue weighted by Gasteiger charge is 2.36. The van der Waals surface area contributed by atoms with Crippen molar-refractivity contribution in [1.82, 2.24) is 10.6 Å².